The monoisotopic (exact) mass is 585 g/mol. The summed E-state index contributed by atoms with van der Waals surface area (Å²) < 4.78 is 13.2. The van der Waals surface area contributed by atoms with Crippen molar-refractivity contribution in [3.8, 4) is 17.4 Å². The van der Waals surface area contributed by atoms with Crippen LogP contribution >= 0.6 is 15.9 Å². The van der Waals surface area contributed by atoms with E-state index in [4.69, 9.17) is 14.3 Å². The molecular formula is C27H32BrN5O5. The Morgan fingerprint density at radius 1 is 1.03 bits per heavy atom. The average Bonchev–Trinajstić information content (AvgIpc) is 3.07. The summed E-state index contributed by atoms with van der Waals surface area (Å²) in [4.78, 5) is 19.9. The lowest BCUT2D eigenvalue weighted by Crippen LogP contribution is -2.27. The maximum absolute atomic E-state index is 12.4. The molecule has 10 nitrogen and oxygen atoms in total. The highest BCUT2D eigenvalue weighted by atomic mass is 79.9. The van der Waals surface area contributed by atoms with Gasteiger partial charge in [0.2, 0.25) is 5.88 Å². The molecule has 4 rings (SSSR count). The van der Waals surface area contributed by atoms with Crippen molar-refractivity contribution < 1.29 is 24.2 Å². The summed E-state index contributed by atoms with van der Waals surface area (Å²) in [5.41, 5.74) is 2.37. The van der Waals surface area contributed by atoms with Gasteiger partial charge in [-0.05, 0) is 69.3 Å². The first kappa shape index (κ1) is 27.6. The molecule has 38 heavy (non-hydrogen) atoms. The molecule has 0 atom stereocenters. The van der Waals surface area contributed by atoms with Gasteiger partial charge in [-0.15, -0.1) is 10.2 Å². The zero-order chi connectivity index (χ0) is 27.1. The standard InChI is InChI=1S/C27H32BrN5O5/c1-18(19-8-11-23(36-2)24(14-19)37-3)31-38-16-25(34)29-30-26-21-15-20(28)9-10-22(21)33(27(26)35)17-32-12-6-4-5-7-13-32/h8-11,14-15,35H,4-7,12-13,16-17H2,1-3H3. The van der Waals surface area contributed by atoms with Crippen LogP contribution in [-0.2, 0) is 16.3 Å². The van der Waals surface area contributed by atoms with Gasteiger partial charge < -0.3 is 19.4 Å². The molecule has 0 spiro atoms. The Bertz CT molecular complexity index is 1350. The molecule has 1 amide bonds. The zero-order valence-corrected chi connectivity index (χ0v) is 23.4. The van der Waals surface area contributed by atoms with E-state index in [1.54, 1.807) is 33.3 Å². The van der Waals surface area contributed by atoms with Gasteiger partial charge in [0.1, 0.15) is 0 Å². The molecule has 2 heterocycles. The summed E-state index contributed by atoms with van der Waals surface area (Å²) in [5.74, 6) is 0.508. The van der Waals surface area contributed by atoms with E-state index in [9.17, 15) is 9.90 Å². The van der Waals surface area contributed by atoms with E-state index in [2.05, 4.69) is 36.2 Å². The SMILES string of the molecule is COc1ccc(C(C)=NOCC(=O)N=Nc2c(O)n(CN3CCCCCC3)c3ccc(Br)cc23)cc1OC. The number of benzene rings is 2. The normalized spacial score (nSPS) is 15.1. The molecule has 3 aromatic rings. The number of carbonyl (C=O) groups is 1. The molecular weight excluding hydrogens is 554 g/mol. The topological polar surface area (TPSA) is 110 Å². The van der Waals surface area contributed by atoms with Gasteiger partial charge in [-0.3, -0.25) is 14.3 Å². The molecule has 0 bridgehead atoms. The molecule has 1 aliphatic rings. The van der Waals surface area contributed by atoms with Crippen LogP contribution in [0.4, 0.5) is 5.69 Å². The predicted molar refractivity (Wildman–Crippen MR) is 149 cm³/mol. The Balaban J connectivity index is 1.47. The van der Waals surface area contributed by atoms with Crippen molar-refractivity contribution in [2.45, 2.75) is 39.3 Å². The molecule has 202 valence electrons. The minimum absolute atomic E-state index is 0.0258. The average molecular weight is 586 g/mol. The lowest BCUT2D eigenvalue weighted by atomic mass is 10.1. The number of hydrogen-bond donors (Lipinski definition) is 1. The zero-order valence-electron chi connectivity index (χ0n) is 21.8. The highest BCUT2D eigenvalue weighted by molar-refractivity contribution is 9.10. The molecule has 1 aromatic heterocycles. The third-order valence-electron chi connectivity index (χ3n) is 6.46. The molecule has 1 N–H and O–H groups in total. The fraction of sp³-hybridized carbons (Fsp3) is 0.407. The molecule has 0 unspecified atom stereocenters. The number of aromatic hydroxyl groups is 1. The minimum atomic E-state index is -0.628. The van der Waals surface area contributed by atoms with Crippen molar-refractivity contribution in [3.63, 3.8) is 0 Å². The van der Waals surface area contributed by atoms with Crippen LogP contribution in [0.3, 0.4) is 0 Å². The molecule has 11 heteroatoms. The lowest BCUT2D eigenvalue weighted by Gasteiger charge is -2.21. The van der Waals surface area contributed by atoms with E-state index in [1.165, 1.54) is 12.8 Å². The summed E-state index contributed by atoms with van der Waals surface area (Å²) in [6.45, 7) is 3.85. The van der Waals surface area contributed by atoms with Crippen LogP contribution in [0.25, 0.3) is 10.9 Å². The second-order valence-corrected chi connectivity index (χ2v) is 9.96. The van der Waals surface area contributed by atoms with E-state index >= 15 is 0 Å². The molecule has 0 radical (unpaired) electrons. The first-order valence-corrected chi connectivity index (χ1v) is 13.3. The largest absolute Gasteiger partial charge is 0.493 e. The number of oxime groups is 1. The van der Waals surface area contributed by atoms with Gasteiger partial charge in [0, 0.05) is 15.4 Å². The van der Waals surface area contributed by atoms with Gasteiger partial charge >= 0.3 is 5.91 Å². The first-order valence-electron chi connectivity index (χ1n) is 12.5. The van der Waals surface area contributed by atoms with Gasteiger partial charge in [0.25, 0.3) is 0 Å². The summed E-state index contributed by atoms with van der Waals surface area (Å²) in [6.07, 6.45) is 4.73. The number of likely N-dealkylation sites (tertiary alicyclic amines) is 1. The molecule has 1 aliphatic heterocycles. The highest BCUT2D eigenvalue weighted by Gasteiger charge is 2.20. The van der Waals surface area contributed by atoms with Crippen molar-refractivity contribution in [2.24, 2.45) is 15.4 Å². The fourth-order valence-corrected chi connectivity index (χ4v) is 4.81. The quantitative estimate of drug-likeness (QED) is 0.187. The Morgan fingerprint density at radius 3 is 2.47 bits per heavy atom. The van der Waals surface area contributed by atoms with Crippen LogP contribution in [-0.4, -0.2) is 60.1 Å². The number of methoxy groups -OCH3 is 2. The Kier molecular flexibility index (Phi) is 9.35. The number of amides is 1. The van der Waals surface area contributed by atoms with Gasteiger partial charge in [0.05, 0.1) is 32.1 Å². The second-order valence-electron chi connectivity index (χ2n) is 9.05. The number of nitrogens with zero attached hydrogens (tertiary/aromatic N) is 5. The predicted octanol–water partition coefficient (Wildman–Crippen LogP) is 6.01. The van der Waals surface area contributed by atoms with Crippen LogP contribution in [0.5, 0.6) is 17.4 Å². The number of ether oxygens (including phenoxy) is 2. The highest BCUT2D eigenvalue weighted by Crippen LogP contribution is 2.40. The van der Waals surface area contributed by atoms with E-state index < -0.39 is 12.5 Å². The van der Waals surface area contributed by atoms with E-state index in [-0.39, 0.29) is 11.6 Å². The third kappa shape index (κ3) is 6.51. The second kappa shape index (κ2) is 12.9. The minimum Gasteiger partial charge on any atom is -0.493 e. The Morgan fingerprint density at radius 2 is 1.76 bits per heavy atom. The smallest absolute Gasteiger partial charge is 0.304 e. The summed E-state index contributed by atoms with van der Waals surface area (Å²) >= 11 is 3.48. The number of azo groups is 1. The van der Waals surface area contributed by atoms with Gasteiger partial charge in [-0.2, -0.15) is 0 Å². The van der Waals surface area contributed by atoms with Crippen LogP contribution in [0.2, 0.25) is 0 Å². The van der Waals surface area contributed by atoms with Crippen molar-refractivity contribution in [3.05, 3.63) is 46.4 Å². The van der Waals surface area contributed by atoms with E-state index in [1.807, 2.05) is 28.8 Å². The summed E-state index contributed by atoms with van der Waals surface area (Å²) in [7, 11) is 3.12. The van der Waals surface area contributed by atoms with Crippen LogP contribution in [0.1, 0.15) is 38.2 Å². The number of aromatic nitrogens is 1. The molecule has 1 fully saturated rings. The molecule has 1 saturated heterocycles. The van der Waals surface area contributed by atoms with Crippen LogP contribution in [0.15, 0.2) is 56.3 Å². The number of fused-ring (bicyclic) bond motifs is 1. The van der Waals surface area contributed by atoms with Crippen LogP contribution < -0.4 is 9.47 Å². The lowest BCUT2D eigenvalue weighted by molar-refractivity contribution is -0.122. The van der Waals surface area contributed by atoms with Crippen molar-refractivity contribution in [1.82, 2.24) is 9.47 Å². The maximum Gasteiger partial charge on any atom is 0.304 e. The molecule has 0 saturated carbocycles. The first-order chi connectivity index (χ1) is 18.4. The Labute approximate surface area is 230 Å². The van der Waals surface area contributed by atoms with Crippen molar-refractivity contribution in [1.29, 1.82) is 0 Å². The molecule has 0 aliphatic carbocycles. The third-order valence-corrected chi connectivity index (χ3v) is 6.96. The fourth-order valence-electron chi connectivity index (χ4n) is 4.45. The van der Waals surface area contributed by atoms with Crippen molar-refractivity contribution >= 4 is 44.1 Å². The van der Waals surface area contributed by atoms with Crippen molar-refractivity contribution in [2.75, 3.05) is 33.9 Å². The number of hydrogen-bond acceptors (Lipinski definition) is 8. The van der Waals surface area contributed by atoms with E-state index in [0.29, 0.717) is 29.3 Å². The number of halogens is 1. The maximum atomic E-state index is 12.4. The van der Waals surface area contributed by atoms with Gasteiger partial charge in [-0.1, -0.05) is 33.9 Å². The number of rotatable bonds is 9. The Hall–Kier alpha value is -3.44. The van der Waals surface area contributed by atoms with Gasteiger partial charge in [-0.25, -0.2) is 0 Å². The molecule has 2 aromatic carbocycles. The number of carbonyl (C=O) groups excluding carboxylic acids is 1. The summed E-state index contributed by atoms with van der Waals surface area (Å²) in [6, 6.07) is 11.0. The summed E-state index contributed by atoms with van der Waals surface area (Å²) in [5, 5.41) is 23.7. The van der Waals surface area contributed by atoms with Gasteiger partial charge in [0.15, 0.2) is 23.8 Å². The van der Waals surface area contributed by atoms with Crippen LogP contribution in [0, 0.1) is 0 Å². The van der Waals surface area contributed by atoms with E-state index in [0.717, 1.165) is 41.5 Å².